The van der Waals surface area contributed by atoms with Gasteiger partial charge in [0.1, 0.15) is 12.2 Å². The van der Waals surface area contributed by atoms with Gasteiger partial charge in [-0.3, -0.25) is 0 Å². The Balaban J connectivity index is 2.57. The standard InChI is InChI=1S/C11H22N4/c1-9(2)7-15-8-13-14-10(15)6-12-11(3,4)5/h8-9,12H,6-7H2,1-5H3. The molecule has 0 bridgehead atoms. The molecule has 0 spiro atoms. The fourth-order valence-electron chi connectivity index (χ4n) is 1.31. The summed E-state index contributed by atoms with van der Waals surface area (Å²) in [6.45, 7) is 12.6. The van der Waals surface area contributed by atoms with Gasteiger partial charge in [0, 0.05) is 12.1 Å². The van der Waals surface area contributed by atoms with Crippen LogP contribution in [0.3, 0.4) is 0 Å². The lowest BCUT2D eigenvalue weighted by molar-refractivity contribution is 0.405. The van der Waals surface area contributed by atoms with Gasteiger partial charge in [0.05, 0.1) is 6.54 Å². The fourth-order valence-corrected chi connectivity index (χ4v) is 1.31. The van der Waals surface area contributed by atoms with E-state index in [1.807, 2.05) is 0 Å². The van der Waals surface area contributed by atoms with Gasteiger partial charge in [-0.05, 0) is 26.7 Å². The second-order valence-electron chi connectivity index (χ2n) is 5.40. The summed E-state index contributed by atoms with van der Waals surface area (Å²) >= 11 is 0. The lowest BCUT2D eigenvalue weighted by Crippen LogP contribution is -2.36. The molecule has 0 aliphatic carbocycles. The second-order valence-corrected chi connectivity index (χ2v) is 5.40. The molecule has 0 atom stereocenters. The van der Waals surface area contributed by atoms with Crippen LogP contribution in [0.2, 0.25) is 0 Å². The molecule has 86 valence electrons. The van der Waals surface area contributed by atoms with Crippen LogP contribution in [0.25, 0.3) is 0 Å². The first-order valence-corrected chi connectivity index (χ1v) is 5.50. The highest BCUT2D eigenvalue weighted by Crippen LogP contribution is 2.04. The summed E-state index contributed by atoms with van der Waals surface area (Å²) in [4.78, 5) is 0. The number of aromatic nitrogens is 3. The van der Waals surface area contributed by atoms with Crippen molar-refractivity contribution in [3.05, 3.63) is 12.2 Å². The average Bonchev–Trinajstić information content (AvgIpc) is 2.46. The molecular weight excluding hydrogens is 188 g/mol. The first-order chi connectivity index (χ1) is 6.88. The maximum atomic E-state index is 4.12. The van der Waals surface area contributed by atoms with Crippen molar-refractivity contribution in [3.8, 4) is 0 Å². The average molecular weight is 210 g/mol. The van der Waals surface area contributed by atoms with Gasteiger partial charge in [-0.1, -0.05) is 13.8 Å². The predicted molar refractivity (Wildman–Crippen MR) is 61.5 cm³/mol. The van der Waals surface area contributed by atoms with Gasteiger partial charge in [-0.25, -0.2) is 0 Å². The van der Waals surface area contributed by atoms with E-state index >= 15 is 0 Å². The third-order valence-electron chi connectivity index (χ3n) is 2.03. The Morgan fingerprint density at radius 2 is 2.07 bits per heavy atom. The van der Waals surface area contributed by atoms with E-state index in [2.05, 4.69) is 54.7 Å². The third kappa shape index (κ3) is 4.42. The fraction of sp³-hybridized carbons (Fsp3) is 0.818. The highest BCUT2D eigenvalue weighted by Gasteiger charge is 2.11. The largest absolute Gasteiger partial charge is 0.316 e. The molecule has 4 heteroatoms. The molecule has 0 aromatic carbocycles. The van der Waals surface area contributed by atoms with Crippen LogP contribution < -0.4 is 5.32 Å². The zero-order chi connectivity index (χ0) is 11.5. The van der Waals surface area contributed by atoms with Gasteiger partial charge in [-0.2, -0.15) is 0 Å². The summed E-state index contributed by atoms with van der Waals surface area (Å²) in [5.41, 5.74) is 0.120. The Labute approximate surface area is 92.1 Å². The molecule has 0 saturated carbocycles. The summed E-state index contributed by atoms with van der Waals surface area (Å²) in [6.07, 6.45) is 1.81. The highest BCUT2D eigenvalue weighted by molar-refractivity contribution is 4.87. The number of hydrogen-bond acceptors (Lipinski definition) is 3. The SMILES string of the molecule is CC(C)Cn1cnnc1CNC(C)(C)C. The van der Waals surface area contributed by atoms with Crippen molar-refractivity contribution in [2.75, 3.05) is 0 Å². The first-order valence-electron chi connectivity index (χ1n) is 5.50. The Morgan fingerprint density at radius 1 is 1.40 bits per heavy atom. The van der Waals surface area contributed by atoms with Gasteiger partial charge < -0.3 is 9.88 Å². The van der Waals surface area contributed by atoms with Crippen LogP contribution in [0, 0.1) is 5.92 Å². The molecule has 1 aromatic rings. The van der Waals surface area contributed by atoms with Gasteiger partial charge in [-0.15, -0.1) is 10.2 Å². The van der Waals surface area contributed by atoms with Crippen LogP contribution in [0.5, 0.6) is 0 Å². The normalized spacial score (nSPS) is 12.4. The Kier molecular flexibility index (Phi) is 3.85. The Morgan fingerprint density at radius 3 is 2.60 bits per heavy atom. The summed E-state index contributed by atoms with van der Waals surface area (Å²) < 4.78 is 2.11. The molecule has 1 aromatic heterocycles. The minimum Gasteiger partial charge on any atom is -0.316 e. The number of hydrogen-bond donors (Lipinski definition) is 1. The summed E-state index contributed by atoms with van der Waals surface area (Å²) in [5, 5.41) is 11.5. The van der Waals surface area contributed by atoms with Crippen molar-refractivity contribution in [3.63, 3.8) is 0 Å². The van der Waals surface area contributed by atoms with Crippen LogP contribution in [0.1, 0.15) is 40.4 Å². The van der Waals surface area contributed by atoms with E-state index in [9.17, 15) is 0 Å². The van der Waals surface area contributed by atoms with E-state index in [0.29, 0.717) is 5.92 Å². The number of nitrogens with zero attached hydrogens (tertiary/aromatic N) is 3. The van der Waals surface area contributed by atoms with Crippen molar-refractivity contribution >= 4 is 0 Å². The molecule has 4 nitrogen and oxygen atoms in total. The summed E-state index contributed by atoms with van der Waals surface area (Å²) in [6, 6.07) is 0. The third-order valence-corrected chi connectivity index (χ3v) is 2.03. The van der Waals surface area contributed by atoms with Gasteiger partial charge in [0.15, 0.2) is 0 Å². The maximum Gasteiger partial charge on any atom is 0.146 e. The molecule has 1 rings (SSSR count). The van der Waals surface area contributed by atoms with E-state index < -0.39 is 0 Å². The van der Waals surface area contributed by atoms with Gasteiger partial charge in [0.25, 0.3) is 0 Å². The van der Waals surface area contributed by atoms with Crippen molar-refractivity contribution < 1.29 is 0 Å². The van der Waals surface area contributed by atoms with Crippen LogP contribution in [0.4, 0.5) is 0 Å². The molecule has 0 fully saturated rings. The highest BCUT2D eigenvalue weighted by atomic mass is 15.3. The quantitative estimate of drug-likeness (QED) is 0.824. The molecule has 0 radical (unpaired) electrons. The Bertz CT molecular complexity index is 296. The zero-order valence-corrected chi connectivity index (χ0v) is 10.4. The second kappa shape index (κ2) is 4.75. The molecule has 0 aliphatic heterocycles. The van der Waals surface area contributed by atoms with E-state index in [1.54, 1.807) is 6.33 Å². The monoisotopic (exact) mass is 210 g/mol. The van der Waals surface area contributed by atoms with Crippen molar-refractivity contribution in [2.45, 2.75) is 53.2 Å². The van der Waals surface area contributed by atoms with Crippen molar-refractivity contribution in [1.29, 1.82) is 0 Å². The minimum atomic E-state index is 0.120. The molecule has 1 N–H and O–H groups in total. The van der Waals surface area contributed by atoms with Crippen molar-refractivity contribution in [1.82, 2.24) is 20.1 Å². The molecular formula is C11H22N4. The molecule has 0 amide bonds. The summed E-state index contributed by atoms with van der Waals surface area (Å²) in [7, 11) is 0. The summed E-state index contributed by atoms with van der Waals surface area (Å²) in [5.74, 6) is 1.63. The smallest absolute Gasteiger partial charge is 0.146 e. The zero-order valence-electron chi connectivity index (χ0n) is 10.4. The number of nitrogens with one attached hydrogen (secondary N) is 1. The van der Waals surface area contributed by atoms with Crippen LogP contribution in [-0.2, 0) is 13.1 Å². The van der Waals surface area contributed by atoms with Gasteiger partial charge >= 0.3 is 0 Å². The molecule has 1 heterocycles. The minimum absolute atomic E-state index is 0.120. The molecule has 15 heavy (non-hydrogen) atoms. The van der Waals surface area contributed by atoms with E-state index in [-0.39, 0.29) is 5.54 Å². The van der Waals surface area contributed by atoms with Crippen LogP contribution >= 0.6 is 0 Å². The Hall–Kier alpha value is -0.900. The predicted octanol–water partition coefficient (Wildman–Crippen LogP) is 1.82. The van der Waals surface area contributed by atoms with E-state index in [0.717, 1.165) is 18.9 Å². The topological polar surface area (TPSA) is 42.7 Å². The molecule has 0 saturated heterocycles. The van der Waals surface area contributed by atoms with E-state index in [4.69, 9.17) is 0 Å². The lowest BCUT2D eigenvalue weighted by Gasteiger charge is -2.20. The number of rotatable bonds is 4. The van der Waals surface area contributed by atoms with E-state index in [1.165, 1.54) is 0 Å². The first kappa shape index (κ1) is 12.2. The molecule has 0 aliphatic rings. The van der Waals surface area contributed by atoms with Crippen LogP contribution in [-0.4, -0.2) is 20.3 Å². The maximum absolute atomic E-state index is 4.12. The van der Waals surface area contributed by atoms with Crippen molar-refractivity contribution in [2.24, 2.45) is 5.92 Å². The lowest BCUT2D eigenvalue weighted by atomic mass is 10.1. The molecule has 0 unspecified atom stereocenters. The van der Waals surface area contributed by atoms with Crippen LogP contribution in [0.15, 0.2) is 6.33 Å². The van der Waals surface area contributed by atoms with Gasteiger partial charge in [0.2, 0.25) is 0 Å².